The quantitative estimate of drug-likeness (QED) is 0.299. The number of hydrogen-bond acceptors (Lipinski definition) is 3. The molecule has 0 spiro atoms. The van der Waals surface area contributed by atoms with E-state index in [-0.39, 0.29) is 30.1 Å². The first kappa shape index (κ1) is 30.6. The Balaban J connectivity index is 0.000000347. The largest absolute Gasteiger partial charge is 0.494 e. The maximum atomic E-state index is 13.1. The lowest BCUT2D eigenvalue weighted by molar-refractivity contribution is -0.138. The van der Waals surface area contributed by atoms with Crippen molar-refractivity contribution < 1.29 is 31.8 Å². The first-order valence-electron chi connectivity index (χ1n) is 11.9. The Morgan fingerprint density at radius 1 is 1.06 bits per heavy atom. The number of benzene rings is 2. The van der Waals surface area contributed by atoms with E-state index in [1.165, 1.54) is 19.2 Å². The molecule has 1 fully saturated rings. The number of carbonyl (C=O) groups is 1. The molecule has 0 bridgehead atoms. The summed E-state index contributed by atoms with van der Waals surface area (Å²) in [6, 6.07) is 9.60. The topological polar surface area (TPSA) is 35.5 Å². The van der Waals surface area contributed by atoms with E-state index in [9.17, 15) is 22.4 Å². The molecule has 0 aliphatic heterocycles. The highest BCUT2D eigenvalue weighted by Gasteiger charge is 2.34. The van der Waals surface area contributed by atoms with Gasteiger partial charge in [0.15, 0.2) is 11.6 Å². The second kappa shape index (κ2) is 14.9. The van der Waals surface area contributed by atoms with Crippen LogP contribution in [0.4, 0.5) is 17.6 Å². The summed E-state index contributed by atoms with van der Waals surface area (Å²) in [5.74, 6) is 1.25. The molecular formula is C28H38F4O3. The number of rotatable bonds is 6. The zero-order valence-electron chi connectivity index (χ0n) is 21.5. The Morgan fingerprint density at radius 2 is 1.71 bits per heavy atom. The summed E-state index contributed by atoms with van der Waals surface area (Å²) in [6.45, 7) is 6.27. The molecule has 2 aromatic carbocycles. The third-order valence-corrected chi connectivity index (χ3v) is 5.98. The number of hydrogen-bond donors (Lipinski definition) is 0. The molecule has 2 aromatic rings. The zero-order valence-corrected chi connectivity index (χ0v) is 21.5. The first-order valence-corrected chi connectivity index (χ1v) is 11.9. The van der Waals surface area contributed by atoms with E-state index >= 15 is 0 Å². The summed E-state index contributed by atoms with van der Waals surface area (Å²) in [5.41, 5.74) is 1.53. The number of methoxy groups -OCH3 is 2. The van der Waals surface area contributed by atoms with Crippen molar-refractivity contribution in [1.29, 1.82) is 0 Å². The van der Waals surface area contributed by atoms with Crippen LogP contribution in [0.15, 0.2) is 36.4 Å². The predicted octanol–water partition coefficient (Wildman–Crippen LogP) is 7.96. The molecule has 1 aliphatic carbocycles. The average Bonchev–Trinajstić information content (AvgIpc) is 3.24. The molecular weight excluding hydrogens is 460 g/mol. The van der Waals surface area contributed by atoms with Gasteiger partial charge in [0.2, 0.25) is 0 Å². The van der Waals surface area contributed by atoms with Gasteiger partial charge in [-0.1, -0.05) is 45.4 Å². The van der Waals surface area contributed by atoms with Crippen LogP contribution in [0, 0.1) is 11.7 Å². The third-order valence-electron chi connectivity index (χ3n) is 5.98. The van der Waals surface area contributed by atoms with Gasteiger partial charge in [-0.2, -0.15) is 13.2 Å². The second-order valence-corrected chi connectivity index (χ2v) is 9.19. The Hall–Kier alpha value is -2.41. The van der Waals surface area contributed by atoms with E-state index in [2.05, 4.69) is 25.5 Å². The van der Waals surface area contributed by atoms with E-state index in [0.29, 0.717) is 23.9 Å². The highest BCUT2D eigenvalue weighted by Crippen LogP contribution is 2.41. The van der Waals surface area contributed by atoms with Crippen molar-refractivity contribution in [1.82, 2.24) is 0 Å². The molecule has 196 valence electrons. The lowest BCUT2D eigenvalue weighted by Crippen LogP contribution is -2.11. The fourth-order valence-electron chi connectivity index (χ4n) is 4.09. The van der Waals surface area contributed by atoms with Gasteiger partial charge in [-0.3, -0.25) is 0 Å². The van der Waals surface area contributed by atoms with E-state index < -0.39 is 11.7 Å². The van der Waals surface area contributed by atoms with Gasteiger partial charge in [-0.05, 0) is 71.9 Å². The first-order chi connectivity index (χ1) is 16.5. The SMILES string of the molecule is CC1CC[C@H](c2ccc(CCC=O)c(C(F)(F)F)c2)C1.COC.COc1cc(C(C)C)ccc1F. The van der Waals surface area contributed by atoms with Crippen LogP contribution in [0.25, 0.3) is 0 Å². The fourth-order valence-corrected chi connectivity index (χ4v) is 4.09. The Bertz CT molecular complexity index is 910. The molecule has 0 saturated heterocycles. The third kappa shape index (κ3) is 10.0. The molecule has 0 aromatic heterocycles. The van der Waals surface area contributed by atoms with Crippen LogP contribution in [-0.2, 0) is 22.1 Å². The monoisotopic (exact) mass is 498 g/mol. The minimum absolute atomic E-state index is 0.128. The Kier molecular flexibility index (Phi) is 13.0. The number of carbonyl (C=O) groups excluding carboxylic acids is 1. The molecule has 7 heteroatoms. The predicted molar refractivity (Wildman–Crippen MR) is 132 cm³/mol. The number of aldehydes is 1. The van der Waals surface area contributed by atoms with E-state index in [4.69, 9.17) is 4.74 Å². The molecule has 0 radical (unpaired) electrons. The number of alkyl halides is 3. The van der Waals surface area contributed by atoms with Crippen LogP contribution in [0.3, 0.4) is 0 Å². The molecule has 0 N–H and O–H groups in total. The molecule has 1 aliphatic rings. The van der Waals surface area contributed by atoms with Crippen molar-refractivity contribution in [2.75, 3.05) is 21.3 Å². The number of ether oxygens (including phenoxy) is 2. The van der Waals surface area contributed by atoms with E-state index in [0.717, 1.165) is 30.4 Å². The minimum Gasteiger partial charge on any atom is -0.494 e. The molecule has 35 heavy (non-hydrogen) atoms. The zero-order chi connectivity index (χ0) is 26.6. The Morgan fingerprint density at radius 3 is 2.20 bits per heavy atom. The van der Waals surface area contributed by atoms with Crippen LogP contribution in [0.1, 0.15) is 80.5 Å². The van der Waals surface area contributed by atoms with Crippen molar-refractivity contribution in [3.8, 4) is 5.75 Å². The average molecular weight is 499 g/mol. The van der Waals surface area contributed by atoms with Crippen molar-refractivity contribution in [3.05, 3.63) is 64.5 Å². The van der Waals surface area contributed by atoms with Gasteiger partial charge in [-0.15, -0.1) is 0 Å². The van der Waals surface area contributed by atoms with Crippen molar-refractivity contribution >= 4 is 6.29 Å². The molecule has 3 nitrogen and oxygen atoms in total. The minimum atomic E-state index is -4.35. The summed E-state index contributed by atoms with van der Waals surface area (Å²) in [6.07, 6.45) is -0.399. The molecule has 3 rings (SSSR count). The van der Waals surface area contributed by atoms with Crippen LogP contribution < -0.4 is 4.74 Å². The summed E-state index contributed by atoms with van der Waals surface area (Å²) < 4.78 is 61.4. The molecule has 0 heterocycles. The van der Waals surface area contributed by atoms with Crippen LogP contribution in [-0.4, -0.2) is 27.6 Å². The van der Waals surface area contributed by atoms with Gasteiger partial charge in [0.1, 0.15) is 6.29 Å². The number of halogens is 4. The molecule has 0 amide bonds. The van der Waals surface area contributed by atoms with Gasteiger partial charge in [0, 0.05) is 20.6 Å². The van der Waals surface area contributed by atoms with Gasteiger partial charge in [0.25, 0.3) is 0 Å². The summed E-state index contributed by atoms with van der Waals surface area (Å²) in [5, 5.41) is 0. The summed E-state index contributed by atoms with van der Waals surface area (Å²) >= 11 is 0. The van der Waals surface area contributed by atoms with Crippen LogP contribution in [0.2, 0.25) is 0 Å². The fraction of sp³-hybridized carbons (Fsp3) is 0.536. The van der Waals surface area contributed by atoms with Gasteiger partial charge < -0.3 is 14.3 Å². The summed E-state index contributed by atoms with van der Waals surface area (Å²) in [7, 11) is 4.72. The molecule has 1 unspecified atom stereocenters. The number of aryl methyl sites for hydroxylation is 1. The molecule has 1 saturated carbocycles. The molecule has 2 atom stereocenters. The van der Waals surface area contributed by atoms with Gasteiger partial charge in [0.05, 0.1) is 12.7 Å². The highest BCUT2D eigenvalue weighted by atomic mass is 19.4. The smallest absolute Gasteiger partial charge is 0.416 e. The Labute approximate surface area is 206 Å². The van der Waals surface area contributed by atoms with Crippen molar-refractivity contribution in [2.24, 2.45) is 5.92 Å². The summed E-state index contributed by atoms with van der Waals surface area (Å²) in [4.78, 5) is 10.4. The van der Waals surface area contributed by atoms with Crippen molar-refractivity contribution in [2.45, 2.75) is 70.9 Å². The van der Waals surface area contributed by atoms with Crippen molar-refractivity contribution in [3.63, 3.8) is 0 Å². The standard InChI is InChI=1S/C16H19F3O.C10H13FO.C2H6O/c1-11-4-5-13(9-11)14-7-6-12(3-2-8-20)15(10-14)16(17,18)19;1-7(2)8-4-5-9(11)10(6-8)12-3;1-3-2/h6-8,10-11,13H,2-5,9H2,1H3;4-7H,1-3H3;1-2H3/t11?,13-;;/m0../s1. The lowest BCUT2D eigenvalue weighted by atomic mass is 9.91. The van der Waals surface area contributed by atoms with Crippen LogP contribution in [0.5, 0.6) is 5.75 Å². The van der Waals surface area contributed by atoms with E-state index in [1.807, 2.05) is 0 Å². The van der Waals surface area contributed by atoms with Gasteiger partial charge in [-0.25, -0.2) is 4.39 Å². The second-order valence-electron chi connectivity index (χ2n) is 9.19. The normalized spacial score (nSPS) is 17.2. The van der Waals surface area contributed by atoms with Gasteiger partial charge >= 0.3 is 6.18 Å². The van der Waals surface area contributed by atoms with Crippen LogP contribution >= 0.6 is 0 Å². The van der Waals surface area contributed by atoms with E-state index in [1.54, 1.807) is 38.5 Å². The lowest BCUT2D eigenvalue weighted by Gasteiger charge is -2.17. The maximum Gasteiger partial charge on any atom is 0.416 e. The highest BCUT2D eigenvalue weighted by molar-refractivity contribution is 5.50. The maximum absolute atomic E-state index is 13.1.